The van der Waals surface area contributed by atoms with Gasteiger partial charge in [-0.25, -0.2) is 9.97 Å². The monoisotopic (exact) mass is 294 g/mol. The zero-order valence-corrected chi connectivity index (χ0v) is 13.3. The molecule has 118 valence electrons. The topological polar surface area (TPSA) is 67.4 Å². The number of aromatic nitrogens is 2. The molecule has 1 heterocycles. The summed E-state index contributed by atoms with van der Waals surface area (Å²) in [6.45, 7) is 7.06. The van der Waals surface area contributed by atoms with Gasteiger partial charge >= 0.3 is 0 Å². The average Bonchev–Trinajstić information content (AvgIpc) is 2.51. The molecule has 0 spiro atoms. The van der Waals surface area contributed by atoms with Crippen molar-refractivity contribution in [2.45, 2.75) is 33.1 Å². The summed E-state index contributed by atoms with van der Waals surface area (Å²) in [5, 5.41) is 3.10. The number of rotatable bonds is 10. The Kier molecular flexibility index (Phi) is 8.35. The molecule has 0 aliphatic heterocycles. The van der Waals surface area contributed by atoms with Crippen LogP contribution in [0.4, 0.5) is 5.95 Å². The second kappa shape index (κ2) is 10.1. The fourth-order valence-electron chi connectivity index (χ4n) is 2.00. The lowest BCUT2D eigenvalue weighted by molar-refractivity contribution is 0.0749. The molecular weight excluding hydrogens is 268 g/mol. The molecule has 0 bridgehead atoms. The molecule has 0 saturated heterocycles. The third kappa shape index (κ3) is 6.08. The van der Waals surface area contributed by atoms with Crippen LogP contribution in [0.2, 0.25) is 0 Å². The molecule has 0 saturated carbocycles. The van der Waals surface area contributed by atoms with Crippen molar-refractivity contribution in [1.29, 1.82) is 0 Å². The van der Waals surface area contributed by atoms with Crippen LogP contribution in [-0.4, -0.2) is 54.1 Å². The summed E-state index contributed by atoms with van der Waals surface area (Å²) >= 11 is 0. The van der Waals surface area contributed by atoms with E-state index in [1.54, 1.807) is 19.4 Å². The minimum Gasteiger partial charge on any atom is -0.385 e. The van der Waals surface area contributed by atoms with Crippen molar-refractivity contribution in [3.8, 4) is 0 Å². The van der Waals surface area contributed by atoms with Gasteiger partial charge in [0.25, 0.3) is 5.91 Å². The third-order valence-electron chi connectivity index (χ3n) is 2.96. The molecule has 1 aromatic heterocycles. The number of methoxy groups -OCH3 is 1. The van der Waals surface area contributed by atoms with Gasteiger partial charge < -0.3 is 15.0 Å². The van der Waals surface area contributed by atoms with Crippen LogP contribution < -0.4 is 5.32 Å². The fraction of sp³-hybridized carbons (Fsp3) is 0.667. The van der Waals surface area contributed by atoms with E-state index in [1.807, 2.05) is 4.90 Å². The minimum absolute atomic E-state index is 0.0268. The predicted octanol–water partition coefficient (Wildman–Crippen LogP) is 2.19. The number of carbonyl (C=O) groups is 1. The zero-order chi connectivity index (χ0) is 15.5. The molecule has 1 amide bonds. The number of nitrogens with zero attached hydrogens (tertiary/aromatic N) is 3. The number of ether oxygens (including phenoxy) is 1. The number of hydrogen-bond acceptors (Lipinski definition) is 5. The highest BCUT2D eigenvalue weighted by molar-refractivity contribution is 5.92. The van der Waals surface area contributed by atoms with Gasteiger partial charge in [0.1, 0.15) is 5.69 Å². The quantitative estimate of drug-likeness (QED) is 0.670. The van der Waals surface area contributed by atoms with Gasteiger partial charge in [0.2, 0.25) is 5.95 Å². The van der Waals surface area contributed by atoms with Crippen LogP contribution in [0.15, 0.2) is 12.3 Å². The van der Waals surface area contributed by atoms with Crippen molar-refractivity contribution in [1.82, 2.24) is 14.9 Å². The van der Waals surface area contributed by atoms with Gasteiger partial charge in [0.15, 0.2) is 0 Å². The summed E-state index contributed by atoms with van der Waals surface area (Å²) in [5.74, 6) is 0.464. The van der Waals surface area contributed by atoms with Crippen LogP contribution >= 0.6 is 0 Å². The Hall–Kier alpha value is -1.69. The Bertz CT molecular complexity index is 420. The smallest absolute Gasteiger partial charge is 0.272 e. The highest BCUT2D eigenvalue weighted by Crippen LogP contribution is 2.06. The van der Waals surface area contributed by atoms with Crippen molar-refractivity contribution in [3.05, 3.63) is 18.0 Å². The largest absolute Gasteiger partial charge is 0.385 e. The molecule has 1 N–H and O–H groups in total. The molecule has 1 aromatic rings. The van der Waals surface area contributed by atoms with E-state index in [9.17, 15) is 4.79 Å². The van der Waals surface area contributed by atoms with Gasteiger partial charge in [-0.15, -0.1) is 0 Å². The van der Waals surface area contributed by atoms with Crippen LogP contribution in [0.1, 0.15) is 43.6 Å². The van der Waals surface area contributed by atoms with E-state index in [-0.39, 0.29) is 5.91 Å². The van der Waals surface area contributed by atoms with Crippen molar-refractivity contribution < 1.29 is 9.53 Å². The maximum absolute atomic E-state index is 12.4. The molecule has 0 radical (unpaired) electrons. The Morgan fingerprint density at radius 2 is 2.05 bits per heavy atom. The van der Waals surface area contributed by atoms with Gasteiger partial charge in [-0.05, 0) is 25.3 Å². The highest BCUT2D eigenvalue weighted by atomic mass is 16.5. The molecule has 0 unspecified atom stereocenters. The normalized spacial score (nSPS) is 10.4. The van der Waals surface area contributed by atoms with Gasteiger partial charge in [0, 0.05) is 39.5 Å². The average molecular weight is 294 g/mol. The van der Waals surface area contributed by atoms with Crippen molar-refractivity contribution in [3.63, 3.8) is 0 Å². The lowest BCUT2D eigenvalue weighted by Gasteiger charge is -2.21. The van der Waals surface area contributed by atoms with E-state index in [0.717, 1.165) is 38.9 Å². The summed E-state index contributed by atoms with van der Waals surface area (Å²) in [5.41, 5.74) is 0.446. The maximum Gasteiger partial charge on any atom is 0.272 e. The van der Waals surface area contributed by atoms with Crippen LogP contribution in [0.3, 0.4) is 0 Å². The molecule has 0 fully saturated rings. The van der Waals surface area contributed by atoms with E-state index in [0.29, 0.717) is 18.2 Å². The first kappa shape index (κ1) is 17.4. The first-order valence-electron chi connectivity index (χ1n) is 7.58. The van der Waals surface area contributed by atoms with E-state index >= 15 is 0 Å². The van der Waals surface area contributed by atoms with Crippen LogP contribution in [0.25, 0.3) is 0 Å². The minimum atomic E-state index is -0.0268. The first-order chi connectivity index (χ1) is 10.2. The summed E-state index contributed by atoms with van der Waals surface area (Å²) < 4.78 is 4.99. The Labute approximate surface area is 126 Å². The third-order valence-corrected chi connectivity index (χ3v) is 2.96. The van der Waals surface area contributed by atoms with Gasteiger partial charge in [-0.1, -0.05) is 13.8 Å². The molecule has 6 heteroatoms. The lowest BCUT2D eigenvalue weighted by Crippen LogP contribution is -2.33. The summed E-state index contributed by atoms with van der Waals surface area (Å²) in [6.07, 6.45) is 4.38. The molecule has 21 heavy (non-hydrogen) atoms. The number of hydrogen-bond donors (Lipinski definition) is 1. The van der Waals surface area contributed by atoms with Gasteiger partial charge in [0.05, 0.1) is 0 Å². The fourth-order valence-corrected chi connectivity index (χ4v) is 2.00. The summed E-state index contributed by atoms with van der Waals surface area (Å²) in [7, 11) is 1.67. The van der Waals surface area contributed by atoms with Crippen molar-refractivity contribution >= 4 is 11.9 Å². The predicted molar refractivity (Wildman–Crippen MR) is 83.5 cm³/mol. The van der Waals surface area contributed by atoms with Crippen LogP contribution in [0.5, 0.6) is 0 Å². The standard InChI is InChI=1S/C15H26N4O2/c1-4-10-19(11-5-2)14(20)13-7-9-17-15(18-13)16-8-6-12-21-3/h7,9H,4-6,8,10-12H2,1-3H3,(H,16,17,18). The molecule has 0 aliphatic rings. The Morgan fingerprint density at radius 1 is 1.33 bits per heavy atom. The van der Waals surface area contributed by atoms with E-state index < -0.39 is 0 Å². The Morgan fingerprint density at radius 3 is 2.67 bits per heavy atom. The van der Waals surface area contributed by atoms with E-state index in [1.165, 1.54) is 0 Å². The molecule has 1 rings (SSSR count). The molecular formula is C15H26N4O2. The maximum atomic E-state index is 12.4. The van der Waals surface area contributed by atoms with Crippen molar-refractivity contribution in [2.75, 3.05) is 38.7 Å². The van der Waals surface area contributed by atoms with Gasteiger partial charge in [-0.3, -0.25) is 4.79 Å². The zero-order valence-electron chi connectivity index (χ0n) is 13.3. The number of amides is 1. The number of carbonyl (C=O) groups excluding carboxylic acids is 1. The summed E-state index contributed by atoms with van der Waals surface area (Å²) in [4.78, 5) is 22.7. The van der Waals surface area contributed by atoms with E-state index in [4.69, 9.17) is 4.74 Å². The number of nitrogens with one attached hydrogen (secondary N) is 1. The molecule has 0 aromatic carbocycles. The lowest BCUT2D eigenvalue weighted by atomic mass is 10.3. The SMILES string of the molecule is CCCN(CCC)C(=O)c1ccnc(NCCCOC)n1. The number of anilines is 1. The Balaban J connectivity index is 2.66. The van der Waals surface area contributed by atoms with Crippen molar-refractivity contribution in [2.24, 2.45) is 0 Å². The molecule has 0 aliphatic carbocycles. The molecule has 0 atom stereocenters. The second-order valence-corrected chi connectivity index (χ2v) is 4.83. The first-order valence-corrected chi connectivity index (χ1v) is 7.58. The van der Waals surface area contributed by atoms with E-state index in [2.05, 4.69) is 29.1 Å². The second-order valence-electron chi connectivity index (χ2n) is 4.83. The van der Waals surface area contributed by atoms with Crippen LogP contribution in [0, 0.1) is 0 Å². The summed E-state index contributed by atoms with van der Waals surface area (Å²) in [6, 6.07) is 1.67. The highest BCUT2D eigenvalue weighted by Gasteiger charge is 2.16. The van der Waals surface area contributed by atoms with Crippen LogP contribution in [-0.2, 0) is 4.74 Å². The van der Waals surface area contributed by atoms with Gasteiger partial charge in [-0.2, -0.15) is 0 Å². The molecule has 6 nitrogen and oxygen atoms in total.